The lowest BCUT2D eigenvalue weighted by Crippen LogP contribution is -2.00. The Bertz CT molecular complexity index is 807. The van der Waals surface area contributed by atoms with Gasteiger partial charge in [0.25, 0.3) is 0 Å². The van der Waals surface area contributed by atoms with Crippen LogP contribution in [0, 0.1) is 0 Å². The number of carboxylic acids is 1. The first-order valence-corrected chi connectivity index (χ1v) is 7.79. The van der Waals surface area contributed by atoms with E-state index < -0.39 is 5.97 Å². The third kappa shape index (κ3) is 5.26. The fourth-order valence-electron chi connectivity index (χ4n) is 1.95. The molecule has 0 atom stereocenters. The largest absolute Gasteiger partial charge is 0.487 e. The van der Waals surface area contributed by atoms with Crippen molar-refractivity contribution in [3.63, 3.8) is 0 Å². The van der Waals surface area contributed by atoms with Crippen molar-refractivity contribution in [3.8, 4) is 17.2 Å². The van der Waals surface area contributed by atoms with Crippen LogP contribution in [0.3, 0.4) is 0 Å². The highest BCUT2D eigenvalue weighted by Crippen LogP contribution is 2.31. The molecule has 4 nitrogen and oxygen atoms in total. The van der Waals surface area contributed by atoms with Crippen molar-refractivity contribution < 1.29 is 19.4 Å². The van der Waals surface area contributed by atoms with Crippen molar-refractivity contribution >= 4 is 17.6 Å². The molecule has 0 unspecified atom stereocenters. The van der Waals surface area contributed by atoms with E-state index in [9.17, 15) is 4.79 Å². The van der Waals surface area contributed by atoms with Gasteiger partial charge in [0, 0.05) is 6.07 Å². The van der Waals surface area contributed by atoms with E-state index in [1.165, 1.54) is 12.1 Å². The van der Waals surface area contributed by atoms with Crippen LogP contribution in [0.5, 0.6) is 17.2 Å². The summed E-state index contributed by atoms with van der Waals surface area (Å²) in [6.45, 7) is 7.66. The van der Waals surface area contributed by atoms with Crippen LogP contribution in [-0.2, 0) is 0 Å². The van der Waals surface area contributed by atoms with Gasteiger partial charge in [-0.1, -0.05) is 43.0 Å². The van der Waals surface area contributed by atoms with Crippen LogP contribution in [0.15, 0.2) is 79.4 Å². The fourth-order valence-corrected chi connectivity index (χ4v) is 2.18. The summed E-state index contributed by atoms with van der Waals surface area (Å²) in [5.41, 5.74) is 1.07. The zero-order valence-corrected chi connectivity index (χ0v) is 14.2. The van der Waals surface area contributed by atoms with Crippen LogP contribution in [0.1, 0.15) is 10.4 Å². The van der Waals surface area contributed by atoms with E-state index >= 15 is 0 Å². The Morgan fingerprint density at radius 1 is 1.12 bits per heavy atom. The molecule has 0 fully saturated rings. The molecule has 25 heavy (non-hydrogen) atoms. The maximum atomic E-state index is 10.8. The number of hydrogen-bond donors (Lipinski definition) is 1. The molecule has 0 heterocycles. The van der Waals surface area contributed by atoms with Gasteiger partial charge in [0.05, 0.1) is 10.6 Å². The van der Waals surface area contributed by atoms with Crippen molar-refractivity contribution in [1.29, 1.82) is 0 Å². The number of aromatic carboxylic acids is 1. The molecule has 0 aliphatic carbocycles. The highest BCUT2D eigenvalue weighted by atomic mass is 35.5. The van der Waals surface area contributed by atoms with Gasteiger partial charge in [-0.2, -0.15) is 0 Å². The average molecular weight is 357 g/mol. The van der Waals surface area contributed by atoms with E-state index in [0.717, 1.165) is 5.57 Å². The summed E-state index contributed by atoms with van der Waals surface area (Å²) in [5, 5.41) is 9.29. The molecule has 128 valence electrons. The number of rotatable bonds is 8. The first kappa shape index (κ1) is 18.4. The van der Waals surface area contributed by atoms with E-state index in [2.05, 4.69) is 13.2 Å². The molecule has 0 aliphatic heterocycles. The maximum absolute atomic E-state index is 10.8. The molecular weight excluding hydrogens is 340 g/mol. The maximum Gasteiger partial charge on any atom is 0.335 e. The predicted octanol–water partition coefficient (Wildman–Crippen LogP) is 5.51. The number of hydrogen-bond acceptors (Lipinski definition) is 3. The van der Waals surface area contributed by atoms with E-state index in [1.807, 2.05) is 0 Å². The van der Waals surface area contributed by atoms with E-state index in [-0.39, 0.29) is 5.56 Å². The molecule has 2 aromatic rings. The van der Waals surface area contributed by atoms with Gasteiger partial charge in [-0.15, -0.1) is 0 Å². The molecular formula is C20H17ClO4. The Balaban J connectivity index is 2.05. The van der Waals surface area contributed by atoms with E-state index in [4.69, 9.17) is 26.2 Å². The lowest BCUT2D eigenvalue weighted by atomic mass is 10.2. The fraction of sp³-hybridized carbons (Fsp3) is 0.0500. The second-order valence-corrected chi connectivity index (χ2v) is 5.40. The molecule has 2 aromatic carbocycles. The summed E-state index contributed by atoms with van der Waals surface area (Å²) in [7, 11) is 0. The zero-order chi connectivity index (χ0) is 18.2. The zero-order valence-electron chi connectivity index (χ0n) is 13.4. The summed E-state index contributed by atoms with van der Waals surface area (Å²) < 4.78 is 11.3. The Labute approximate surface area is 151 Å². The molecule has 0 saturated heterocycles. The minimum absolute atomic E-state index is 0.194. The van der Waals surface area contributed by atoms with Gasteiger partial charge in [0.15, 0.2) is 0 Å². The number of halogens is 1. The predicted molar refractivity (Wildman–Crippen MR) is 98.9 cm³/mol. The third-order valence-corrected chi connectivity index (χ3v) is 3.52. The Hall–Kier alpha value is -2.98. The highest BCUT2D eigenvalue weighted by molar-refractivity contribution is 6.32. The smallest absolute Gasteiger partial charge is 0.335 e. The molecule has 0 bridgehead atoms. The molecule has 0 aliphatic rings. The first-order chi connectivity index (χ1) is 12.0. The van der Waals surface area contributed by atoms with Gasteiger partial charge >= 0.3 is 5.97 Å². The second kappa shape index (κ2) is 8.76. The Morgan fingerprint density at radius 3 is 2.36 bits per heavy atom. The van der Waals surface area contributed by atoms with Gasteiger partial charge in [-0.3, -0.25) is 0 Å². The molecule has 0 saturated carbocycles. The van der Waals surface area contributed by atoms with Crippen molar-refractivity contribution in [2.75, 3.05) is 6.61 Å². The number of carboxylic acid groups (broad SMARTS) is 1. The van der Waals surface area contributed by atoms with Crippen molar-refractivity contribution in [3.05, 3.63) is 90.0 Å². The lowest BCUT2D eigenvalue weighted by molar-refractivity contribution is 0.0697. The summed E-state index contributed by atoms with van der Waals surface area (Å²) in [4.78, 5) is 10.8. The van der Waals surface area contributed by atoms with Crippen LogP contribution in [0.2, 0.25) is 5.02 Å². The van der Waals surface area contributed by atoms with Crippen molar-refractivity contribution in [2.24, 2.45) is 0 Å². The Kier molecular flexibility index (Phi) is 6.43. The van der Waals surface area contributed by atoms with Crippen molar-refractivity contribution in [2.45, 2.75) is 0 Å². The third-order valence-electron chi connectivity index (χ3n) is 3.23. The first-order valence-electron chi connectivity index (χ1n) is 7.41. The summed E-state index contributed by atoms with van der Waals surface area (Å²) in [5.74, 6) is 0.566. The molecule has 2 rings (SSSR count). The number of carbonyl (C=O) groups is 1. The molecule has 0 radical (unpaired) electrons. The van der Waals surface area contributed by atoms with Gasteiger partial charge in [-0.25, -0.2) is 4.79 Å². The van der Waals surface area contributed by atoms with Gasteiger partial charge in [0.1, 0.15) is 23.9 Å². The Morgan fingerprint density at radius 2 is 1.80 bits per heavy atom. The van der Waals surface area contributed by atoms with Gasteiger partial charge in [-0.05, 0) is 42.0 Å². The minimum Gasteiger partial charge on any atom is -0.487 e. The second-order valence-electron chi connectivity index (χ2n) is 4.99. The van der Waals surface area contributed by atoms with Gasteiger partial charge < -0.3 is 14.6 Å². The summed E-state index contributed by atoms with van der Waals surface area (Å²) in [6, 6.07) is 11.2. The van der Waals surface area contributed by atoms with E-state index in [1.54, 1.807) is 48.6 Å². The lowest BCUT2D eigenvalue weighted by Gasteiger charge is -2.11. The molecule has 0 amide bonds. The quantitative estimate of drug-likeness (QED) is 0.634. The SMILES string of the molecule is C=C/C=C(\C=C)COc1ccc(Oc2ccc(C(=O)O)cc2)cc1Cl. The number of allylic oxidation sites excluding steroid dienone is 2. The van der Waals surface area contributed by atoms with Gasteiger partial charge in [0.2, 0.25) is 0 Å². The monoisotopic (exact) mass is 356 g/mol. The standard InChI is InChI=1S/C20H17ClO4/c1-3-5-14(4-2)13-24-19-11-10-17(12-18(19)21)25-16-8-6-15(7-9-16)20(22)23/h3-12H,1-2,13H2,(H,22,23)/b14-5+. The average Bonchev–Trinajstić information content (AvgIpc) is 2.60. The summed E-state index contributed by atoms with van der Waals surface area (Å²) in [6.07, 6.45) is 5.15. The minimum atomic E-state index is -0.986. The van der Waals surface area contributed by atoms with E-state index in [0.29, 0.717) is 28.9 Å². The number of benzene rings is 2. The number of ether oxygens (including phenoxy) is 2. The summed E-state index contributed by atoms with van der Waals surface area (Å²) >= 11 is 6.22. The topological polar surface area (TPSA) is 55.8 Å². The van der Waals surface area contributed by atoms with Crippen LogP contribution in [0.25, 0.3) is 0 Å². The van der Waals surface area contributed by atoms with Crippen molar-refractivity contribution in [1.82, 2.24) is 0 Å². The van der Waals surface area contributed by atoms with Crippen LogP contribution in [0.4, 0.5) is 0 Å². The molecule has 5 heteroatoms. The molecule has 1 N–H and O–H groups in total. The normalized spacial score (nSPS) is 10.8. The van der Waals surface area contributed by atoms with Crippen LogP contribution < -0.4 is 9.47 Å². The highest BCUT2D eigenvalue weighted by Gasteiger charge is 2.07. The molecule has 0 spiro atoms. The van der Waals surface area contributed by atoms with Crippen LogP contribution in [-0.4, -0.2) is 17.7 Å². The molecule has 0 aromatic heterocycles. The van der Waals surface area contributed by atoms with Crippen LogP contribution >= 0.6 is 11.6 Å².